The van der Waals surface area contributed by atoms with Crippen molar-refractivity contribution in [3.8, 4) is 17.2 Å². The van der Waals surface area contributed by atoms with E-state index in [9.17, 15) is 13.2 Å². The number of carbonyl (C=O) groups excluding carboxylic acids is 1. The van der Waals surface area contributed by atoms with Crippen molar-refractivity contribution in [2.24, 2.45) is 0 Å². The van der Waals surface area contributed by atoms with Gasteiger partial charge >= 0.3 is 5.97 Å². The maximum absolute atomic E-state index is 14.2. The van der Waals surface area contributed by atoms with Gasteiger partial charge in [-0.2, -0.15) is 4.31 Å². The predicted molar refractivity (Wildman–Crippen MR) is 134 cm³/mol. The molecule has 0 aromatic heterocycles. The summed E-state index contributed by atoms with van der Waals surface area (Å²) in [6.07, 6.45) is 0.111. The Labute approximate surface area is 211 Å². The molecule has 0 bridgehead atoms. The molecule has 1 heterocycles. The molecule has 0 saturated carbocycles. The second-order valence-electron chi connectivity index (χ2n) is 8.47. The lowest BCUT2D eigenvalue weighted by Crippen LogP contribution is -2.51. The average molecular weight is 512 g/mol. The van der Waals surface area contributed by atoms with Crippen molar-refractivity contribution in [2.45, 2.75) is 30.3 Å². The van der Waals surface area contributed by atoms with Crippen LogP contribution in [0.5, 0.6) is 17.2 Å². The van der Waals surface area contributed by atoms with Gasteiger partial charge in [-0.15, -0.1) is 0 Å². The number of sulfonamides is 1. The number of rotatable bonds is 7. The quantitative estimate of drug-likeness (QED) is 0.445. The van der Waals surface area contributed by atoms with E-state index in [0.29, 0.717) is 28.4 Å². The molecule has 2 atom stereocenters. The molecule has 1 aliphatic heterocycles. The highest BCUT2D eigenvalue weighted by Gasteiger charge is 2.47. The molecule has 36 heavy (non-hydrogen) atoms. The van der Waals surface area contributed by atoms with E-state index in [1.165, 1.54) is 25.6 Å². The van der Waals surface area contributed by atoms with Crippen molar-refractivity contribution >= 4 is 16.0 Å². The summed E-state index contributed by atoms with van der Waals surface area (Å²) < 4.78 is 51.0. The van der Waals surface area contributed by atoms with Gasteiger partial charge in [0.2, 0.25) is 10.0 Å². The summed E-state index contributed by atoms with van der Waals surface area (Å²) in [4.78, 5) is 13.2. The van der Waals surface area contributed by atoms with E-state index in [4.69, 9.17) is 18.9 Å². The fraction of sp³-hybridized carbons (Fsp3) is 0.296. The highest BCUT2D eigenvalue weighted by atomic mass is 32.2. The van der Waals surface area contributed by atoms with Crippen LogP contribution in [0, 0.1) is 6.92 Å². The van der Waals surface area contributed by atoms with Gasteiger partial charge in [-0.05, 0) is 60.0 Å². The molecule has 3 aromatic rings. The topological polar surface area (TPSA) is 91.4 Å². The molecule has 0 amide bonds. The van der Waals surface area contributed by atoms with Gasteiger partial charge in [0.15, 0.2) is 11.5 Å². The smallest absolute Gasteiger partial charge is 0.324 e. The highest BCUT2D eigenvalue weighted by molar-refractivity contribution is 7.89. The first-order valence-electron chi connectivity index (χ1n) is 11.3. The molecule has 0 spiro atoms. The summed E-state index contributed by atoms with van der Waals surface area (Å²) in [7, 11) is 1.72. The predicted octanol–water partition coefficient (Wildman–Crippen LogP) is 3.90. The first-order valence-corrected chi connectivity index (χ1v) is 12.8. The number of methoxy groups -OCH3 is 4. The van der Waals surface area contributed by atoms with Gasteiger partial charge in [-0.1, -0.05) is 29.8 Å². The SMILES string of the molecule is COC(=O)C1Cc2cc(OC)c(OC)cc2C(c2ccc(OC)cc2)N1S(=O)(=O)c1ccc(C)cc1. The van der Waals surface area contributed by atoms with E-state index in [1.54, 1.807) is 67.8 Å². The summed E-state index contributed by atoms with van der Waals surface area (Å²) in [5.74, 6) is 0.923. The maximum Gasteiger partial charge on any atom is 0.324 e. The van der Waals surface area contributed by atoms with E-state index in [0.717, 1.165) is 11.1 Å². The third-order valence-electron chi connectivity index (χ3n) is 6.42. The molecule has 2 unspecified atom stereocenters. The summed E-state index contributed by atoms with van der Waals surface area (Å²) in [6.45, 7) is 1.88. The van der Waals surface area contributed by atoms with E-state index in [2.05, 4.69) is 0 Å². The van der Waals surface area contributed by atoms with Gasteiger partial charge in [-0.25, -0.2) is 8.42 Å². The highest BCUT2D eigenvalue weighted by Crippen LogP contribution is 2.45. The molecular formula is C27H29NO7S. The number of esters is 1. The van der Waals surface area contributed by atoms with Gasteiger partial charge in [0.05, 0.1) is 39.4 Å². The zero-order valence-corrected chi connectivity index (χ0v) is 21.7. The van der Waals surface area contributed by atoms with Crippen LogP contribution in [0.25, 0.3) is 0 Å². The van der Waals surface area contributed by atoms with E-state index in [-0.39, 0.29) is 11.3 Å². The average Bonchev–Trinajstić information content (AvgIpc) is 2.90. The Balaban J connectivity index is 2.01. The van der Waals surface area contributed by atoms with Gasteiger partial charge in [0.1, 0.15) is 11.8 Å². The van der Waals surface area contributed by atoms with Crippen molar-refractivity contribution < 1.29 is 32.2 Å². The van der Waals surface area contributed by atoms with Crippen LogP contribution in [0.4, 0.5) is 0 Å². The second-order valence-corrected chi connectivity index (χ2v) is 10.3. The van der Waals surface area contributed by atoms with Crippen molar-refractivity contribution in [2.75, 3.05) is 28.4 Å². The van der Waals surface area contributed by atoms with Crippen LogP contribution in [0.15, 0.2) is 65.6 Å². The fourth-order valence-electron chi connectivity index (χ4n) is 4.56. The summed E-state index contributed by atoms with van der Waals surface area (Å²) in [5, 5.41) is 0. The summed E-state index contributed by atoms with van der Waals surface area (Å²) in [6, 6.07) is 15.3. The van der Waals surface area contributed by atoms with E-state index < -0.39 is 28.1 Å². The number of fused-ring (bicyclic) bond motifs is 1. The largest absolute Gasteiger partial charge is 0.497 e. The number of nitrogens with zero attached hydrogens (tertiary/aromatic N) is 1. The Morgan fingerprint density at radius 2 is 1.47 bits per heavy atom. The van der Waals surface area contributed by atoms with Crippen molar-refractivity contribution in [1.82, 2.24) is 4.31 Å². The van der Waals surface area contributed by atoms with Crippen LogP contribution in [0.1, 0.15) is 28.3 Å². The zero-order valence-electron chi connectivity index (χ0n) is 20.8. The number of hydrogen-bond acceptors (Lipinski definition) is 7. The molecule has 4 rings (SSSR count). The van der Waals surface area contributed by atoms with Crippen LogP contribution in [-0.2, 0) is 26.0 Å². The Bertz CT molecular complexity index is 1350. The molecule has 8 nitrogen and oxygen atoms in total. The molecule has 1 aliphatic rings. The molecule has 0 fully saturated rings. The zero-order chi connectivity index (χ0) is 26.0. The first-order chi connectivity index (χ1) is 17.2. The lowest BCUT2D eigenvalue weighted by atomic mass is 9.86. The third kappa shape index (κ3) is 4.52. The maximum atomic E-state index is 14.2. The molecule has 0 N–H and O–H groups in total. The normalized spacial score (nSPS) is 17.7. The van der Waals surface area contributed by atoms with Crippen LogP contribution >= 0.6 is 0 Å². The molecule has 3 aromatic carbocycles. The molecule has 0 saturated heterocycles. The van der Waals surface area contributed by atoms with Crippen LogP contribution < -0.4 is 14.2 Å². The monoisotopic (exact) mass is 511 g/mol. The minimum Gasteiger partial charge on any atom is -0.497 e. The van der Waals surface area contributed by atoms with Crippen LogP contribution in [0.2, 0.25) is 0 Å². The number of benzene rings is 3. The minimum atomic E-state index is -4.14. The van der Waals surface area contributed by atoms with Crippen molar-refractivity contribution in [3.63, 3.8) is 0 Å². The van der Waals surface area contributed by atoms with Crippen molar-refractivity contribution in [3.05, 3.63) is 82.9 Å². The van der Waals surface area contributed by atoms with Crippen molar-refractivity contribution in [1.29, 1.82) is 0 Å². The molecule has 0 radical (unpaired) electrons. The van der Waals surface area contributed by atoms with E-state index in [1.807, 2.05) is 6.92 Å². The Kier molecular flexibility index (Phi) is 7.23. The Hall–Kier alpha value is -3.56. The molecule has 9 heteroatoms. The fourth-order valence-corrected chi connectivity index (χ4v) is 6.29. The number of ether oxygens (including phenoxy) is 4. The van der Waals surface area contributed by atoms with Gasteiger partial charge in [0, 0.05) is 6.42 Å². The first kappa shape index (κ1) is 25.5. The van der Waals surface area contributed by atoms with E-state index >= 15 is 0 Å². The lowest BCUT2D eigenvalue weighted by Gasteiger charge is -2.41. The third-order valence-corrected chi connectivity index (χ3v) is 8.30. The van der Waals surface area contributed by atoms with Crippen LogP contribution in [0.3, 0.4) is 0 Å². The molecule has 190 valence electrons. The Morgan fingerprint density at radius 1 is 0.861 bits per heavy atom. The lowest BCUT2D eigenvalue weighted by molar-refractivity contribution is -0.145. The van der Waals surface area contributed by atoms with Gasteiger partial charge in [0.25, 0.3) is 0 Å². The standard InChI is InChI=1S/C27H29NO7S/c1-17-6-12-21(13-7-17)36(30,31)28-23(27(29)35-5)14-19-15-24(33-3)25(34-4)16-22(19)26(28)18-8-10-20(32-2)11-9-18/h6-13,15-16,23,26H,14H2,1-5H3. The summed E-state index contributed by atoms with van der Waals surface area (Å²) >= 11 is 0. The molecular weight excluding hydrogens is 482 g/mol. The number of carbonyl (C=O) groups is 1. The van der Waals surface area contributed by atoms with Gasteiger partial charge in [-0.3, -0.25) is 4.79 Å². The molecule has 0 aliphatic carbocycles. The minimum absolute atomic E-state index is 0.0874. The number of aryl methyl sites for hydroxylation is 1. The van der Waals surface area contributed by atoms with Crippen LogP contribution in [-0.4, -0.2) is 53.2 Å². The number of hydrogen-bond donors (Lipinski definition) is 0. The second kappa shape index (κ2) is 10.2. The Morgan fingerprint density at radius 3 is 2.03 bits per heavy atom. The van der Waals surface area contributed by atoms with Gasteiger partial charge < -0.3 is 18.9 Å². The summed E-state index contributed by atoms with van der Waals surface area (Å²) in [5.41, 5.74) is 3.03.